The van der Waals surface area contributed by atoms with Gasteiger partial charge in [-0.15, -0.1) is 6.42 Å². The van der Waals surface area contributed by atoms with Crippen molar-refractivity contribution in [3.63, 3.8) is 0 Å². The highest BCUT2D eigenvalue weighted by atomic mass is 16.5. The number of nitrogens with two attached hydrogens (primary N) is 1. The summed E-state index contributed by atoms with van der Waals surface area (Å²) in [5.74, 6) is 2.06. The zero-order chi connectivity index (χ0) is 20.3. The number of hydrogen-bond acceptors (Lipinski definition) is 5. The SMILES string of the molecule is C#CCN1C(=O)[C@]2(C(C#N)=C(N)OC3=C2C(=O)CC(C)(C)C3)c2ccccc21. The number of ether oxygens (including phenoxy) is 1. The summed E-state index contributed by atoms with van der Waals surface area (Å²) in [6, 6.07) is 9.10. The van der Waals surface area contributed by atoms with Gasteiger partial charge in [0, 0.05) is 24.1 Å². The van der Waals surface area contributed by atoms with Crippen molar-refractivity contribution in [2.75, 3.05) is 11.4 Å². The summed E-state index contributed by atoms with van der Waals surface area (Å²) in [6.45, 7) is 3.94. The maximum absolute atomic E-state index is 13.8. The van der Waals surface area contributed by atoms with E-state index < -0.39 is 11.3 Å². The topological polar surface area (TPSA) is 96.4 Å². The van der Waals surface area contributed by atoms with Gasteiger partial charge in [-0.25, -0.2) is 0 Å². The van der Waals surface area contributed by atoms with E-state index in [9.17, 15) is 14.9 Å². The lowest BCUT2D eigenvalue weighted by Crippen LogP contribution is -2.50. The molecular formula is C22H19N3O3. The zero-order valence-corrected chi connectivity index (χ0v) is 15.7. The summed E-state index contributed by atoms with van der Waals surface area (Å²) in [4.78, 5) is 28.5. The van der Waals surface area contributed by atoms with Crippen LogP contribution in [0.25, 0.3) is 0 Å². The summed E-state index contributed by atoms with van der Waals surface area (Å²) in [7, 11) is 0. The van der Waals surface area contributed by atoms with Crippen molar-refractivity contribution >= 4 is 17.4 Å². The Hall–Kier alpha value is -3.51. The molecule has 0 saturated heterocycles. The van der Waals surface area contributed by atoms with Crippen LogP contribution in [0.2, 0.25) is 0 Å². The van der Waals surface area contributed by atoms with Gasteiger partial charge in [0.1, 0.15) is 22.8 Å². The zero-order valence-electron chi connectivity index (χ0n) is 15.7. The molecule has 1 aromatic carbocycles. The minimum atomic E-state index is -1.60. The maximum Gasteiger partial charge on any atom is 0.248 e. The van der Waals surface area contributed by atoms with Crippen molar-refractivity contribution in [1.29, 1.82) is 5.26 Å². The highest BCUT2D eigenvalue weighted by Gasteiger charge is 2.62. The number of para-hydroxylation sites is 1. The van der Waals surface area contributed by atoms with Gasteiger partial charge < -0.3 is 10.5 Å². The maximum atomic E-state index is 13.8. The van der Waals surface area contributed by atoms with Gasteiger partial charge in [0.25, 0.3) is 0 Å². The fraction of sp³-hybridized carbons (Fsp3) is 0.318. The smallest absolute Gasteiger partial charge is 0.248 e. The molecule has 2 aliphatic heterocycles. The third kappa shape index (κ3) is 2.09. The minimum absolute atomic E-state index is 0.0271. The predicted molar refractivity (Wildman–Crippen MR) is 102 cm³/mol. The van der Waals surface area contributed by atoms with Gasteiger partial charge in [-0.2, -0.15) is 5.26 Å². The number of terminal acetylenes is 1. The molecule has 1 aromatic rings. The second-order valence-corrected chi connectivity index (χ2v) is 8.05. The van der Waals surface area contributed by atoms with E-state index in [2.05, 4.69) is 5.92 Å². The first-order chi connectivity index (χ1) is 13.3. The number of carbonyl (C=O) groups excluding carboxylic acids is 2. The molecule has 1 aliphatic carbocycles. The third-order valence-corrected chi connectivity index (χ3v) is 5.59. The fourth-order valence-electron chi connectivity index (χ4n) is 4.59. The van der Waals surface area contributed by atoms with Crippen LogP contribution in [0.4, 0.5) is 5.69 Å². The number of benzene rings is 1. The number of ketones is 1. The Labute approximate surface area is 163 Å². The van der Waals surface area contributed by atoms with Gasteiger partial charge in [-0.1, -0.05) is 38.0 Å². The fourth-order valence-corrected chi connectivity index (χ4v) is 4.59. The number of rotatable bonds is 1. The summed E-state index contributed by atoms with van der Waals surface area (Å²) < 4.78 is 5.73. The summed E-state index contributed by atoms with van der Waals surface area (Å²) in [5.41, 5.74) is 5.45. The van der Waals surface area contributed by atoms with E-state index >= 15 is 0 Å². The molecule has 0 saturated carbocycles. The van der Waals surface area contributed by atoms with E-state index in [1.165, 1.54) is 4.90 Å². The van der Waals surface area contributed by atoms with E-state index in [0.29, 0.717) is 23.4 Å². The molecule has 6 nitrogen and oxygen atoms in total. The Bertz CT molecular complexity index is 1080. The molecule has 6 heteroatoms. The highest BCUT2D eigenvalue weighted by molar-refractivity contribution is 6.20. The lowest BCUT2D eigenvalue weighted by atomic mass is 9.62. The number of hydrogen-bond donors (Lipinski definition) is 1. The van der Waals surface area contributed by atoms with Crippen molar-refractivity contribution in [3.8, 4) is 18.4 Å². The molecule has 4 rings (SSSR count). The predicted octanol–water partition coefficient (Wildman–Crippen LogP) is 2.27. The van der Waals surface area contributed by atoms with Gasteiger partial charge in [-0.3, -0.25) is 14.5 Å². The molecule has 3 aliphatic rings. The molecule has 0 bridgehead atoms. The molecule has 0 aromatic heterocycles. The molecule has 0 fully saturated rings. The van der Waals surface area contributed by atoms with Crippen LogP contribution in [0.1, 0.15) is 32.3 Å². The van der Waals surface area contributed by atoms with Crippen LogP contribution >= 0.6 is 0 Å². The van der Waals surface area contributed by atoms with Gasteiger partial charge in [0.15, 0.2) is 5.78 Å². The second kappa shape index (κ2) is 5.74. The number of anilines is 1. The van der Waals surface area contributed by atoms with Crippen molar-refractivity contribution in [2.24, 2.45) is 11.1 Å². The number of amides is 1. The van der Waals surface area contributed by atoms with Crippen molar-refractivity contribution in [2.45, 2.75) is 32.1 Å². The number of carbonyl (C=O) groups is 2. The molecule has 140 valence electrons. The van der Waals surface area contributed by atoms with Crippen molar-refractivity contribution in [3.05, 3.63) is 52.6 Å². The Kier molecular flexibility index (Phi) is 3.67. The third-order valence-electron chi connectivity index (χ3n) is 5.59. The Morgan fingerprint density at radius 3 is 2.68 bits per heavy atom. The average molecular weight is 373 g/mol. The Morgan fingerprint density at radius 1 is 1.29 bits per heavy atom. The molecule has 0 unspecified atom stereocenters. The quantitative estimate of drug-likeness (QED) is 0.762. The van der Waals surface area contributed by atoms with Crippen LogP contribution < -0.4 is 10.6 Å². The Morgan fingerprint density at radius 2 is 2.00 bits per heavy atom. The lowest BCUT2D eigenvalue weighted by Gasteiger charge is -2.41. The van der Waals surface area contributed by atoms with Crippen LogP contribution in [-0.2, 0) is 19.7 Å². The number of Topliss-reactive ketones (excluding diaryl/α,β-unsaturated/α-hetero) is 1. The first-order valence-corrected chi connectivity index (χ1v) is 8.98. The summed E-state index contributed by atoms with van der Waals surface area (Å²) in [6.07, 6.45) is 6.18. The van der Waals surface area contributed by atoms with Crippen LogP contribution in [0.3, 0.4) is 0 Å². The monoisotopic (exact) mass is 373 g/mol. The largest absolute Gasteiger partial charge is 0.444 e. The first kappa shape index (κ1) is 17.9. The van der Waals surface area contributed by atoms with Gasteiger partial charge in [0.2, 0.25) is 11.8 Å². The van der Waals surface area contributed by atoms with E-state index in [0.717, 1.165) is 0 Å². The molecule has 28 heavy (non-hydrogen) atoms. The van der Waals surface area contributed by atoms with E-state index in [1.54, 1.807) is 24.3 Å². The first-order valence-electron chi connectivity index (χ1n) is 8.98. The normalized spacial score (nSPS) is 25.2. The van der Waals surface area contributed by atoms with Gasteiger partial charge in [0.05, 0.1) is 12.1 Å². The molecular weight excluding hydrogens is 354 g/mol. The molecule has 2 N–H and O–H groups in total. The molecule has 1 amide bonds. The standard InChI is InChI=1S/C22H19N3O3/c1-4-9-25-15-8-6-5-7-13(15)22(20(25)27)14(12-23)19(24)28-17-11-21(2,3)10-16(26)18(17)22/h1,5-8H,9-11,24H2,2-3H3/t22-/m0/s1. The van der Waals surface area contributed by atoms with E-state index in [4.69, 9.17) is 16.9 Å². The molecule has 2 heterocycles. The van der Waals surface area contributed by atoms with Crippen LogP contribution in [0.15, 0.2) is 47.1 Å². The molecule has 1 spiro atoms. The van der Waals surface area contributed by atoms with E-state index in [-0.39, 0.29) is 41.2 Å². The van der Waals surface area contributed by atoms with Gasteiger partial charge in [-0.05, 0) is 11.5 Å². The average Bonchev–Trinajstić information content (AvgIpc) is 2.85. The number of allylic oxidation sites excluding steroid dienone is 1. The van der Waals surface area contributed by atoms with Crippen molar-refractivity contribution < 1.29 is 14.3 Å². The van der Waals surface area contributed by atoms with Crippen LogP contribution in [0.5, 0.6) is 0 Å². The second-order valence-electron chi connectivity index (χ2n) is 8.05. The summed E-state index contributed by atoms with van der Waals surface area (Å²) >= 11 is 0. The number of nitrogens with zero attached hydrogens (tertiary/aromatic N) is 2. The number of fused-ring (bicyclic) bond motifs is 3. The van der Waals surface area contributed by atoms with Crippen molar-refractivity contribution in [1.82, 2.24) is 0 Å². The molecule has 1 atom stereocenters. The summed E-state index contributed by atoms with van der Waals surface area (Å²) in [5, 5.41) is 9.91. The minimum Gasteiger partial charge on any atom is -0.444 e. The number of nitriles is 1. The highest BCUT2D eigenvalue weighted by Crippen LogP contribution is 2.57. The van der Waals surface area contributed by atoms with Crippen LogP contribution in [-0.4, -0.2) is 18.2 Å². The van der Waals surface area contributed by atoms with E-state index in [1.807, 2.05) is 19.9 Å². The molecule has 0 radical (unpaired) electrons. The van der Waals surface area contributed by atoms with Gasteiger partial charge >= 0.3 is 0 Å². The van der Waals surface area contributed by atoms with Crippen LogP contribution in [0, 0.1) is 29.1 Å². The lowest BCUT2D eigenvalue weighted by molar-refractivity contribution is -0.125. The Balaban J connectivity index is 2.10.